The fourth-order valence-electron chi connectivity index (χ4n) is 2.92. The molecule has 3 aromatic rings. The van der Waals surface area contributed by atoms with Crippen molar-refractivity contribution in [1.82, 2.24) is 4.98 Å². The van der Waals surface area contributed by atoms with Gasteiger partial charge in [0.25, 0.3) is 5.91 Å². The van der Waals surface area contributed by atoms with Crippen molar-refractivity contribution in [1.29, 1.82) is 0 Å². The number of halogens is 3. The lowest BCUT2D eigenvalue weighted by molar-refractivity contribution is 0.101. The lowest BCUT2D eigenvalue weighted by Gasteiger charge is -2.22. The number of aromatic nitrogens is 1. The number of anilines is 2. The van der Waals surface area contributed by atoms with E-state index < -0.39 is 34.3 Å². The van der Waals surface area contributed by atoms with E-state index >= 15 is 0 Å². The van der Waals surface area contributed by atoms with Crippen molar-refractivity contribution < 1.29 is 18.0 Å². The Bertz CT molecular complexity index is 1120. The zero-order chi connectivity index (χ0) is 22.6. The molecule has 0 fully saturated rings. The van der Waals surface area contributed by atoms with E-state index in [0.29, 0.717) is 17.8 Å². The Labute approximate surface area is 181 Å². The van der Waals surface area contributed by atoms with E-state index in [1.54, 1.807) is 24.4 Å². The third kappa shape index (κ3) is 4.71. The molecule has 1 atom stereocenters. The highest BCUT2D eigenvalue weighted by atomic mass is 32.1. The van der Waals surface area contributed by atoms with E-state index in [1.807, 2.05) is 0 Å². The maximum atomic E-state index is 14.3. The summed E-state index contributed by atoms with van der Waals surface area (Å²) in [4.78, 5) is 16.8. The third-order valence-corrected chi connectivity index (χ3v) is 5.45. The van der Waals surface area contributed by atoms with Gasteiger partial charge in [0.1, 0.15) is 23.0 Å². The maximum absolute atomic E-state index is 14.3. The summed E-state index contributed by atoms with van der Waals surface area (Å²) in [6.45, 7) is 2.34. The highest BCUT2D eigenvalue weighted by molar-refractivity contribution is 7.14. The van der Waals surface area contributed by atoms with Gasteiger partial charge in [0, 0.05) is 24.2 Å². The van der Waals surface area contributed by atoms with Crippen LogP contribution in [-0.2, 0) is 5.41 Å². The average Bonchev–Trinajstić information content (AvgIpc) is 3.20. The van der Waals surface area contributed by atoms with Crippen LogP contribution in [0.5, 0.6) is 0 Å². The number of terminal acetylenes is 1. The third-order valence-electron chi connectivity index (χ3n) is 4.69. The number of carbonyl (C=O) groups is 1. The Morgan fingerprint density at radius 2 is 1.87 bits per heavy atom. The number of hydrogen-bond acceptors (Lipinski definition) is 5. The van der Waals surface area contributed by atoms with Gasteiger partial charge in [-0.2, -0.15) is 0 Å². The van der Waals surface area contributed by atoms with Gasteiger partial charge in [0.05, 0.1) is 11.1 Å². The molecule has 0 aliphatic heterocycles. The Balaban J connectivity index is 1.83. The zero-order valence-electron chi connectivity index (χ0n) is 16.5. The summed E-state index contributed by atoms with van der Waals surface area (Å²) in [5, 5.41) is 6.90. The van der Waals surface area contributed by atoms with Crippen LogP contribution in [0.2, 0.25) is 0 Å². The van der Waals surface area contributed by atoms with Gasteiger partial charge in [0.2, 0.25) is 0 Å². The second-order valence-electron chi connectivity index (χ2n) is 6.80. The van der Waals surface area contributed by atoms with Crippen molar-refractivity contribution >= 4 is 28.1 Å². The van der Waals surface area contributed by atoms with Crippen molar-refractivity contribution in [2.24, 2.45) is 5.73 Å². The van der Waals surface area contributed by atoms with Gasteiger partial charge >= 0.3 is 0 Å². The molecule has 0 unspecified atom stereocenters. The minimum absolute atomic E-state index is 0.118. The van der Waals surface area contributed by atoms with E-state index in [9.17, 15) is 18.0 Å². The van der Waals surface area contributed by atoms with E-state index in [4.69, 9.17) is 12.2 Å². The molecule has 1 amide bonds. The zero-order valence-corrected chi connectivity index (χ0v) is 17.3. The van der Waals surface area contributed by atoms with Gasteiger partial charge in [-0.15, -0.1) is 17.8 Å². The smallest absolute Gasteiger partial charge is 0.263 e. The standard InChI is InChI=1S/C22H19F3N4OS/c1-3-22(2,13-4-6-14(23)7-5-13)18-12-31-21(28-18)29-20(30)19-16(24)10-15(11-17(19)25)27-9-8-26/h1,4-7,10-12,27H,8-9,26H2,2H3,(H,28,29,30)/t22-/m1/s1. The highest BCUT2D eigenvalue weighted by Gasteiger charge is 2.30. The van der Waals surface area contributed by atoms with Crippen LogP contribution >= 0.6 is 11.3 Å². The number of rotatable bonds is 7. The van der Waals surface area contributed by atoms with Crippen LogP contribution in [-0.4, -0.2) is 24.0 Å². The molecule has 0 saturated carbocycles. The number of nitrogens with zero attached hydrogens (tertiary/aromatic N) is 1. The Kier molecular flexibility index (Phi) is 6.63. The summed E-state index contributed by atoms with van der Waals surface area (Å²) in [6, 6.07) is 7.72. The van der Waals surface area contributed by atoms with Gasteiger partial charge < -0.3 is 11.1 Å². The molecule has 0 aliphatic carbocycles. The van der Waals surface area contributed by atoms with Crippen LogP contribution in [0.25, 0.3) is 0 Å². The summed E-state index contributed by atoms with van der Waals surface area (Å²) >= 11 is 1.05. The van der Waals surface area contributed by atoms with Crippen LogP contribution in [0.1, 0.15) is 28.5 Å². The van der Waals surface area contributed by atoms with Crippen molar-refractivity contribution in [2.75, 3.05) is 23.7 Å². The summed E-state index contributed by atoms with van der Waals surface area (Å²) in [7, 11) is 0. The number of carbonyl (C=O) groups excluding carboxylic acids is 1. The van der Waals surface area contributed by atoms with Crippen LogP contribution in [0.4, 0.5) is 24.0 Å². The first-order valence-electron chi connectivity index (χ1n) is 9.22. The fourth-order valence-corrected chi connectivity index (χ4v) is 3.73. The molecule has 0 spiro atoms. The van der Waals surface area contributed by atoms with E-state index in [0.717, 1.165) is 23.5 Å². The molecular weight excluding hydrogens is 425 g/mol. The molecule has 1 heterocycles. The van der Waals surface area contributed by atoms with Gasteiger partial charge in [-0.05, 0) is 36.8 Å². The number of nitrogens with two attached hydrogens (primary N) is 1. The monoisotopic (exact) mass is 444 g/mol. The lowest BCUT2D eigenvalue weighted by atomic mass is 9.81. The molecule has 160 valence electrons. The maximum Gasteiger partial charge on any atom is 0.263 e. The summed E-state index contributed by atoms with van der Waals surface area (Å²) < 4.78 is 42.0. The van der Waals surface area contributed by atoms with E-state index in [-0.39, 0.29) is 17.4 Å². The van der Waals surface area contributed by atoms with Crippen LogP contribution in [0.15, 0.2) is 41.8 Å². The summed E-state index contributed by atoms with van der Waals surface area (Å²) in [6.07, 6.45) is 5.72. The highest BCUT2D eigenvalue weighted by Crippen LogP contribution is 2.33. The van der Waals surface area contributed by atoms with Crippen LogP contribution in [0.3, 0.4) is 0 Å². The SMILES string of the molecule is C#C[C@](C)(c1ccc(F)cc1)c1csc(NC(=O)c2c(F)cc(NCCN)cc2F)n1. The molecule has 0 aliphatic rings. The predicted octanol–water partition coefficient (Wildman–Crippen LogP) is 4.12. The molecular formula is C22H19F3N4OS. The molecule has 3 rings (SSSR count). The Morgan fingerprint density at radius 1 is 1.23 bits per heavy atom. The lowest BCUT2D eigenvalue weighted by Crippen LogP contribution is -2.22. The van der Waals surface area contributed by atoms with E-state index in [2.05, 4.69) is 21.5 Å². The first-order valence-corrected chi connectivity index (χ1v) is 10.1. The number of hydrogen-bond donors (Lipinski definition) is 3. The topological polar surface area (TPSA) is 80.0 Å². The van der Waals surface area contributed by atoms with Crippen molar-refractivity contribution in [3.8, 4) is 12.3 Å². The van der Waals surface area contributed by atoms with Crippen LogP contribution in [0, 0.1) is 29.8 Å². The van der Waals surface area contributed by atoms with Crippen LogP contribution < -0.4 is 16.4 Å². The first kappa shape index (κ1) is 22.3. The Morgan fingerprint density at radius 3 is 2.45 bits per heavy atom. The summed E-state index contributed by atoms with van der Waals surface area (Å²) in [5.41, 5.74) is 4.89. The second-order valence-corrected chi connectivity index (χ2v) is 7.66. The molecule has 0 radical (unpaired) electrons. The van der Waals surface area contributed by atoms with Gasteiger partial charge in [-0.25, -0.2) is 18.2 Å². The molecule has 0 bridgehead atoms. The van der Waals surface area contributed by atoms with Gasteiger partial charge in [-0.1, -0.05) is 18.1 Å². The molecule has 4 N–H and O–H groups in total. The normalized spacial score (nSPS) is 12.6. The van der Waals surface area contributed by atoms with Crippen molar-refractivity contribution in [3.05, 3.63) is 76.1 Å². The molecule has 1 aromatic heterocycles. The number of amides is 1. The molecule has 2 aromatic carbocycles. The minimum Gasteiger partial charge on any atom is -0.384 e. The molecule has 5 nitrogen and oxygen atoms in total. The largest absolute Gasteiger partial charge is 0.384 e. The number of benzene rings is 2. The number of thiazole rings is 1. The molecule has 31 heavy (non-hydrogen) atoms. The summed E-state index contributed by atoms with van der Waals surface area (Å²) in [5.74, 6) is -0.778. The minimum atomic E-state index is -1.02. The van der Waals surface area contributed by atoms with Gasteiger partial charge in [0.15, 0.2) is 5.13 Å². The molecule has 0 saturated heterocycles. The van der Waals surface area contributed by atoms with Crippen molar-refractivity contribution in [3.63, 3.8) is 0 Å². The molecule has 9 heteroatoms. The fraction of sp³-hybridized carbons (Fsp3) is 0.182. The Hall–Kier alpha value is -3.35. The average molecular weight is 444 g/mol. The first-order chi connectivity index (χ1) is 14.8. The van der Waals surface area contributed by atoms with E-state index in [1.165, 1.54) is 12.1 Å². The number of nitrogens with one attached hydrogen (secondary N) is 2. The van der Waals surface area contributed by atoms with Gasteiger partial charge in [-0.3, -0.25) is 10.1 Å². The predicted molar refractivity (Wildman–Crippen MR) is 116 cm³/mol. The van der Waals surface area contributed by atoms with Crippen molar-refractivity contribution in [2.45, 2.75) is 12.3 Å². The quantitative estimate of drug-likeness (QED) is 0.479. The second kappa shape index (κ2) is 9.20.